The van der Waals surface area contributed by atoms with Crippen LogP contribution < -0.4 is 0 Å². The lowest BCUT2D eigenvalue weighted by Gasteiger charge is -2.23. The third-order valence-corrected chi connectivity index (χ3v) is 4.20. The average molecular weight is 353 g/mol. The average Bonchev–Trinajstić information content (AvgIpc) is 2.79. The quantitative estimate of drug-likeness (QED) is 0.398. The normalized spacial score (nSPS) is 18.8. The van der Waals surface area contributed by atoms with E-state index in [1.54, 1.807) is 6.92 Å². The van der Waals surface area contributed by atoms with Gasteiger partial charge in [-0.15, -0.1) is 0 Å². The van der Waals surface area contributed by atoms with Crippen molar-refractivity contribution in [3.63, 3.8) is 0 Å². The molecular weight excluding hydrogens is 334 g/mol. The molecule has 0 aliphatic carbocycles. The van der Waals surface area contributed by atoms with Crippen LogP contribution in [0.3, 0.4) is 0 Å². The second-order valence-electron chi connectivity index (χ2n) is 5.47. The summed E-state index contributed by atoms with van der Waals surface area (Å²) in [5, 5.41) is 19.1. The van der Waals surface area contributed by atoms with Gasteiger partial charge in [0.25, 0.3) is 0 Å². The summed E-state index contributed by atoms with van der Waals surface area (Å²) in [6.07, 6.45) is 0.0815. The molecule has 2 atom stereocenters. The Labute approximate surface area is 144 Å². The van der Waals surface area contributed by atoms with Gasteiger partial charge in [-0.1, -0.05) is 6.07 Å². The van der Waals surface area contributed by atoms with Gasteiger partial charge in [-0.25, -0.2) is 4.79 Å². The van der Waals surface area contributed by atoms with Crippen molar-refractivity contribution in [2.24, 2.45) is 5.92 Å². The minimum absolute atomic E-state index is 0.0203. The van der Waals surface area contributed by atoms with Crippen molar-refractivity contribution in [2.75, 3.05) is 12.4 Å². The lowest BCUT2D eigenvalue weighted by molar-refractivity contribution is -0.157. The summed E-state index contributed by atoms with van der Waals surface area (Å²) in [7, 11) is 0. The van der Waals surface area contributed by atoms with Crippen LogP contribution in [0.15, 0.2) is 18.2 Å². The molecule has 1 heterocycles. The van der Waals surface area contributed by atoms with E-state index in [0.29, 0.717) is 5.56 Å². The fraction of sp³-hybridized carbons (Fsp3) is 0.438. The molecule has 0 aromatic heterocycles. The Morgan fingerprint density at radius 3 is 2.71 bits per heavy atom. The highest BCUT2D eigenvalue weighted by molar-refractivity contribution is 7.80. The van der Waals surface area contributed by atoms with E-state index in [1.807, 2.05) is 0 Å². The highest BCUT2D eigenvalue weighted by atomic mass is 32.1. The van der Waals surface area contributed by atoms with Crippen LogP contribution in [-0.4, -0.2) is 51.3 Å². The summed E-state index contributed by atoms with van der Waals surface area (Å²) in [5.41, 5.74) is 0.444. The first-order chi connectivity index (χ1) is 11.4. The summed E-state index contributed by atoms with van der Waals surface area (Å²) in [6, 6.07) is 3.01. The molecule has 1 aromatic rings. The van der Waals surface area contributed by atoms with Crippen LogP contribution in [-0.2, 0) is 25.5 Å². The van der Waals surface area contributed by atoms with Gasteiger partial charge in [0.2, 0.25) is 11.8 Å². The molecule has 1 aliphatic heterocycles. The Morgan fingerprint density at radius 1 is 1.42 bits per heavy atom. The molecule has 2 amide bonds. The van der Waals surface area contributed by atoms with Crippen LogP contribution in [0.2, 0.25) is 0 Å². The molecule has 1 aliphatic rings. The first kappa shape index (κ1) is 18.1. The van der Waals surface area contributed by atoms with Gasteiger partial charge in [-0.05, 0) is 25.0 Å². The zero-order valence-corrected chi connectivity index (χ0v) is 14.0. The lowest BCUT2D eigenvalue weighted by atomic mass is 9.97. The Kier molecular flexibility index (Phi) is 5.71. The lowest BCUT2D eigenvalue weighted by Crippen LogP contribution is -2.47. The van der Waals surface area contributed by atoms with Crippen molar-refractivity contribution >= 4 is 30.4 Å². The van der Waals surface area contributed by atoms with Crippen molar-refractivity contribution in [3.05, 3.63) is 23.8 Å². The number of carbonyl (C=O) groups excluding carboxylic acids is 3. The number of carbonyl (C=O) groups is 3. The number of amides is 2. The molecule has 1 aromatic carbocycles. The summed E-state index contributed by atoms with van der Waals surface area (Å²) < 4.78 is 4.89. The molecule has 1 saturated heterocycles. The standard InChI is InChI=1S/C16H19NO6S/c1-2-23-16(22)12(8-24)17-14(20)6-10(15(17)21)5-9-3-4-11(18)7-13(9)19/h3-4,7,10,12,18-19,24H,2,5-6,8H2,1H3. The maximum absolute atomic E-state index is 12.5. The van der Waals surface area contributed by atoms with E-state index < -0.39 is 29.7 Å². The number of hydrogen-bond donors (Lipinski definition) is 3. The van der Waals surface area contributed by atoms with Gasteiger partial charge < -0.3 is 14.9 Å². The van der Waals surface area contributed by atoms with Crippen molar-refractivity contribution in [3.8, 4) is 11.5 Å². The van der Waals surface area contributed by atoms with Gasteiger partial charge >= 0.3 is 5.97 Å². The first-order valence-corrected chi connectivity index (χ1v) is 8.16. The highest BCUT2D eigenvalue weighted by Gasteiger charge is 2.44. The molecule has 0 spiro atoms. The van der Waals surface area contributed by atoms with E-state index in [4.69, 9.17) is 4.74 Å². The second-order valence-corrected chi connectivity index (χ2v) is 5.84. The molecule has 0 bridgehead atoms. The van der Waals surface area contributed by atoms with Gasteiger partial charge in [0, 0.05) is 18.2 Å². The van der Waals surface area contributed by atoms with Gasteiger partial charge in [-0.3, -0.25) is 14.5 Å². The fourth-order valence-electron chi connectivity index (χ4n) is 2.69. The summed E-state index contributed by atoms with van der Waals surface area (Å²) >= 11 is 4.05. The van der Waals surface area contributed by atoms with Crippen molar-refractivity contribution in [1.82, 2.24) is 4.90 Å². The predicted octanol–water partition coefficient (Wildman–Crippen LogP) is 0.877. The van der Waals surface area contributed by atoms with Gasteiger partial charge in [0.15, 0.2) is 0 Å². The Morgan fingerprint density at radius 2 is 2.12 bits per heavy atom. The number of benzene rings is 1. The van der Waals surface area contributed by atoms with Crippen LogP contribution in [0.25, 0.3) is 0 Å². The summed E-state index contributed by atoms with van der Waals surface area (Å²) in [5.74, 6) is -2.55. The van der Waals surface area contributed by atoms with Crippen molar-refractivity contribution in [1.29, 1.82) is 0 Å². The van der Waals surface area contributed by atoms with Crippen LogP contribution in [0.1, 0.15) is 18.9 Å². The van der Waals surface area contributed by atoms with E-state index in [1.165, 1.54) is 18.2 Å². The molecule has 1 fully saturated rings. The highest BCUT2D eigenvalue weighted by Crippen LogP contribution is 2.30. The number of esters is 1. The van der Waals surface area contributed by atoms with Crippen molar-refractivity contribution in [2.45, 2.75) is 25.8 Å². The largest absolute Gasteiger partial charge is 0.508 e. The number of ether oxygens (including phenoxy) is 1. The Hall–Kier alpha value is -2.22. The molecule has 24 heavy (non-hydrogen) atoms. The number of hydrogen-bond acceptors (Lipinski definition) is 7. The number of likely N-dealkylation sites (tertiary alicyclic amines) is 1. The maximum Gasteiger partial charge on any atom is 0.330 e. The number of nitrogens with zero attached hydrogens (tertiary/aromatic N) is 1. The molecule has 2 N–H and O–H groups in total. The molecule has 2 rings (SSSR count). The zero-order chi connectivity index (χ0) is 17.9. The van der Waals surface area contributed by atoms with Crippen LogP contribution in [0.4, 0.5) is 0 Å². The maximum atomic E-state index is 12.5. The van der Waals surface area contributed by atoms with E-state index in [9.17, 15) is 24.6 Å². The van der Waals surface area contributed by atoms with Crippen LogP contribution in [0, 0.1) is 5.92 Å². The number of rotatable bonds is 6. The molecule has 7 nitrogen and oxygen atoms in total. The van der Waals surface area contributed by atoms with Crippen molar-refractivity contribution < 1.29 is 29.3 Å². The Bertz CT molecular complexity index is 662. The number of phenols is 2. The topological polar surface area (TPSA) is 104 Å². The van der Waals surface area contributed by atoms with E-state index in [-0.39, 0.29) is 36.7 Å². The molecular formula is C16H19NO6S. The minimum Gasteiger partial charge on any atom is -0.508 e. The number of imide groups is 1. The monoisotopic (exact) mass is 353 g/mol. The third kappa shape index (κ3) is 3.64. The number of phenolic OH excluding ortho intramolecular Hbond substituents is 2. The van der Waals surface area contributed by atoms with Gasteiger partial charge in [-0.2, -0.15) is 12.6 Å². The van der Waals surface area contributed by atoms with E-state index in [0.717, 1.165) is 4.90 Å². The Balaban J connectivity index is 2.17. The smallest absolute Gasteiger partial charge is 0.330 e. The summed E-state index contributed by atoms with van der Waals surface area (Å²) in [6.45, 7) is 1.78. The van der Waals surface area contributed by atoms with Gasteiger partial charge in [0.1, 0.15) is 17.5 Å². The number of aromatic hydroxyl groups is 2. The van der Waals surface area contributed by atoms with E-state index >= 15 is 0 Å². The van der Waals surface area contributed by atoms with Crippen LogP contribution >= 0.6 is 12.6 Å². The SMILES string of the molecule is CCOC(=O)C(CS)N1C(=O)CC(Cc2ccc(O)cc2O)C1=O. The minimum atomic E-state index is -1.05. The fourth-order valence-corrected chi connectivity index (χ4v) is 3.01. The molecule has 2 unspecified atom stereocenters. The second kappa shape index (κ2) is 7.57. The molecule has 0 radical (unpaired) electrons. The zero-order valence-electron chi connectivity index (χ0n) is 13.1. The van der Waals surface area contributed by atoms with Crippen LogP contribution in [0.5, 0.6) is 11.5 Å². The predicted molar refractivity (Wildman–Crippen MR) is 87.7 cm³/mol. The van der Waals surface area contributed by atoms with E-state index in [2.05, 4.69) is 12.6 Å². The first-order valence-electron chi connectivity index (χ1n) is 7.53. The number of thiol groups is 1. The molecule has 8 heteroatoms. The van der Waals surface area contributed by atoms with Gasteiger partial charge in [0.05, 0.1) is 12.5 Å². The molecule has 130 valence electrons. The molecule has 0 saturated carbocycles. The summed E-state index contributed by atoms with van der Waals surface area (Å²) in [4.78, 5) is 37.6. The third-order valence-electron chi connectivity index (χ3n) is 3.85.